The number of amides is 1. The highest BCUT2D eigenvalue weighted by molar-refractivity contribution is 7.13. The lowest BCUT2D eigenvalue weighted by Crippen LogP contribution is -2.40. The standard InChI is InChI=1S/C23H25N3OS/c27-22(24-15-18-7-3-1-4-8-18)19-11-13-26(14-12-19)16-21-17-28-23(25-21)20-9-5-2-6-10-20/h1-10,17,19H,11-16H2,(H,24,27). The molecule has 1 N–H and O–H groups in total. The Morgan fingerprint density at radius 2 is 1.71 bits per heavy atom. The largest absolute Gasteiger partial charge is 0.352 e. The number of likely N-dealkylation sites (tertiary alicyclic amines) is 1. The molecular formula is C23H25N3OS. The molecule has 0 unspecified atom stereocenters. The number of aromatic nitrogens is 1. The Balaban J connectivity index is 1.24. The van der Waals surface area contributed by atoms with Gasteiger partial charge in [-0.1, -0.05) is 60.7 Å². The number of benzene rings is 2. The molecule has 4 rings (SSSR count). The first-order valence-corrected chi connectivity index (χ1v) is 10.7. The number of thiazole rings is 1. The number of nitrogens with one attached hydrogen (secondary N) is 1. The van der Waals surface area contributed by atoms with E-state index in [-0.39, 0.29) is 11.8 Å². The molecule has 1 amide bonds. The Morgan fingerprint density at radius 3 is 2.43 bits per heavy atom. The maximum absolute atomic E-state index is 12.5. The van der Waals surface area contributed by atoms with E-state index in [2.05, 4.69) is 27.7 Å². The highest BCUT2D eigenvalue weighted by Gasteiger charge is 2.25. The zero-order valence-corrected chi connectivity index (χ0v) is 16.7. The lowest BCUT2D eigenvalue weighted by Gasteiger charge is -2.30. The smallest absolute Gasteiger partial charge is 0.223 e. The normalized spacial score (nSPS) is 15.4. The van der Waals surface area contributed by atoms with E-state index in [0.29, 0.717) is 6.54 Å². The molecule has 2 heterocycles. The van der Waals surface area contributed by atoms with Crippen molar-refractivity contribution < 1.29 is 4.79 Å². The zero-order valence-electron chi connectivity index (χ0n) is 15.9. The summed E-state index contributed by atoms with van der Waals surface area (Å²) in [5.41, 5.74) is 3.44. The Bertz CT molecular complexity index is 886. The molecule has 0 saturated carbocycles. The fraction of sp³-hybridized carbons (Fsp3) is 0.304. The molecule has 4 nitrogen and oxygen atoms in total. The van der Waals surface area contributed by atoms with Crippen LogP contribution in [0.15, 0.2) is 66.0 Å². The van der Waals surface area contributed by atoms with E-state index in [1.165, 1.54) is 5.56 Å². The molecule has 3 aromatic rings. The number of nitrogens with zero attached hydrogens (tertiary/aromatic N) is 2. The number of carbonyl (C=O) groups is 1. The van der Waals surface area contributed by atoms with Crippen LogP contribution in [0.2, 0.25) is 0 Å². The highest BCUT2D eigenvalue weighted by atomic mass is 32.1. The van der Waals surface area contributed by atoms with Crippen LogP contribution in [-0.2, 0) is 17.9 Å². The number of hydrogen-bond donors (Lipinski definition) is 1. The maximum atomic E-state index is 12.5. The number of carbonyl (C=O) groups excluding carboxylic acids is 1. The third-order valence-corrected chi connectivity index (χ3v) is 6.17. The molecule has 0 radical (unpaired) electrons. The summed E-state index contributed by atoms with van der Waals surface area (Å²) in [6.07, 6.45) is 1.83. The van der Waals surface area contributed by atoms with Gasteiger partial charge in [0.05, 0.1) is 5.69 Å². The van der Waals surface area contributed by atoms with Crippen LogP contribution in [0, 0.1) is 5.92 Å². The minimum atomic E-state index is 0.121. The summed E-state index contributed by atoms with van der Waals surface area (Å²) in [6.45, 7) is 3.37. The second-order valence-electron chi connectivity index (χ2n) is 7.26. The van der Waals surface area contributed by atoms with Gasteiger partial charge in [0, 0.05) is 30.0 Å². The average molecular weight is 392 g/mol. The van der Waals surface area contributed by atoms with Crippen LogP contribution in [-0.4, -0.2) is 28.9 Å². The maximum Gasteiger partial charge on any atom is 0.223 e. The van der Waals surface area contributed by atoms with Crippen LogP contribution in [0.1, 0.15) is 24.1 Å². The van der Waals surface area contributed by atoms with Gasteiger partial charge in [-0.2, -0.15) is 0 Å². The Morgan fingerprint density at radius 1 is 1.04 bits per heavy atom. The first-order valence-electron chi connectivity index (χ1n) is 9.82. The Hall–Kier alpha value is -2.50. The molecule has 1 saturated heterocycles. The summed E-state index contributed by atoms with van der Waals surface area (Å²) in [5.74, 6) is 0.304. The molecular weight excluding hydrogens is 366 g/mol. The van der Waals surface area contributed by atoms with E-state index in [9.17, 15) is 4.79 Å². The zero-order chi connectivity index (χ0) is 19.2. The van der Waals surface area contributed by atoms with E-state index < -0.39 is 0 Å². The lowest BCUT2D eigenvalue weighted by atomic mass is 9.95. The molecule has 0 bridgehead atoms. The summed E-state index contributed by atoms with van der Waals surface area (Å²) in [7, 11) is 0. The average Bonchev–Trinajstić information content (AvgIpc) is 3.22. The third kappa shape index (κ3) is 4.86. The summed E-state index contributed by atoms with van der Waals surface area (Å²) in [6, 6.07) is 20.4. The molecule has 5 heteroatoms. The van der Waals surface area contributed by atoms with Gasteiger partial charge in [0.25, 0.3) is 0 Å². The van der Waals surface area contributed by atoms with E-state index in [0.717, 1.165) is 48.7 Å². The third-order valence-electron chi connectivity index (χ3n) is 5.23. The van der Waals surface area contributed by atoms with Crippen molar-refractivity contribution in [1.29, 1.82) is 0 Å². The minimum Gasteiger partial charge on any atom is -0.352 e. The van der Waals surface area contributed by atoms with Gasteiger partial charge < -0.3 is 5.32 Å². The quantitative estimate of drug-likeness (QED) is 0.680. The predicted molar refractivity (Wildman–Crippen MR) is 114 cm³/mol. The number of piperidine rings is 1. The topological polar surface area (TPSA) is 45.2 Å². The fourth-order valence-corrected chi connectivity index (χ4v) is 4.42. The van der Waals surface area contributed by atoms with Crippen LogP contribution in [0.25, 0.3) is 10.6 Å². The van der Waals surface area contributed by atoms with Crippen molar-refractivity contribution in [2.24, 2.45) is 5.92 Å². The van der Waals surface area contributed by atoms with Crippen molar-refractivity contribution in [3.8, 4) is 10.6 Å². The van der Waals surface area contributed by atoms with Crippen molar-refractivity contribution in [2.45, 2.75) is 25.9 Å². The van der Waals surface area contributed by atoms with Gasteiger partial charge in [0.2, 0.25) is 5.91 Å². The van der Waals surface area contributed by atoms with Crippen LogP contribution >= 0.6 is 11.3 Å². The molecule has 1 fully saturated rings. The van der Waals surface area contributed by atoms with E-state index in [4.69, 9.17) is 4.98 Å². The van der Waals surface area contributed by atoms with Gasteiger partial charge in [-0.25, -0.2) is 4.98 Å². The van der Waals surface area contributed by atoms with E-state index in [1.807, 2.05) is 48.5 Å². The molecule has 28 heavy (non-hydrogen) atoms. The van der Waals surface area contributed by atoms with Crippen molar-refractivity contribution >= 4 is 17.2 Å². The lowest BCUT2D eigenvalue weighted by molar-refractivity contribution is -0.126. The van der Waals surface area contributed by atoms with Crippen molar-refractivity contribution in [2.75, 3.05) is 13.1 Å². The van der Waals surface area contributed by atoms with Crippen LogP contribution in [0.3, 0.4) is 0 Å². The van der Waals surface area contributed by atoms with Gasteiger partial charge in [-0.15, -0.1) is 11.3 Å². The highest BCUT2D eigenvalue weighted by Crippen LogP contribution is 2.25. The molecule has 1 aliphatic heterocycles. The first-order chi connectivity index (χ1) is 13.8. The van der Waals surface area contributed by atoms with Crippen molar-refractivity contribution in [1.82, 2.24) is 15.2 Å². The van der Waals surface area contributed by atoms with Crippen LogP contribution in [0.5, 0.6) is 0 Å². The fourth-order valence-electron chi connectivity index (χ4n) is 3.60. The Kier molecular flexibility index (Phi) is 6.14. The molecule has 1 aromatic heterocycles. The van der Waals surface area contributed by atoms with Gasteiger partial charge in [-0.3, -0.25) is 9.69 Å². The number of rotatable bonds is 6. The van der Waals surface area contributed by atoms with Gasteiger partial charge in [0.15, 0.2) is 0 Å². The van der Waals surface area contributed by atoms with Crippen molar-refractivity contribution in [3.05, 3.63) is 77.3 Å². The number of hydrogen-bond acceptors (Lipinski definition) is 4. The van der Waals surface area contributed by atoms with E-state index in [1.54, 1.807) is 11.3 Å². The summed E-state index contributed by atoms with van der Waals surface area (Å²) in [4.78, 5) is 19.7. The monoisotopic (exact) mass is 391 g/mol. The minimum absolute atomic E-state index is 0.121. The van der Waals surface area contributed by atoms with Crippen LogP contribution in [0.4, 0.5) is 0 Å². The van der Waals surface area contributed by atoms with Crippen molar-refractivity contribution in [3.63, 3.8) is 0 Å². The summed E-state index contributed by atoms with van der Waals surface area (Å²) >= 11 is 1.70. The second kappa shape index (κ2) is 9.13. The van der Waals surface area contributed by atoms with Gasteiger partial charge in [0.1, 0.15) is 5.01 Å². The SMILES string of the molecule is O=C(NCc1ccccc1)C1CCN(Cc2csc(-c3ccccc3)n2)CC1. The molecule has 0 atom stereocenters. The summed E-state index contributed by atoms with van der Waals surface area (Å²) in [5, 5.41) is 6.32. The second-order valence-corrected chi connectivity index (χ2v) is 8.12. The predicted octanol–water partition coefficient (Wildman–Crippen LogP) is 4.34. The molecule has 2 aromatic carbocycles. The van der Waals surface area contributed by atoms with E-state index >= 15 is 0 Å². The molecule has 144 valence electrons. The van der Waals surface area contributed by atoms with Gasteiger partial charge >= 0.3 is 0 Å². The molecule has 1 aliphatic rings. The molecule has 0 spiro atoms. The molecule has 0 aliphatic carbocycles. The summed E-state index contributed by atoms with van der Waals surface area (Å²) < 4.78 is 0. The van der Waals surface area contributed by atoms with Gasteiger partial charge in [-0.05, 0) is 31.5 Å². The Labute approximate surface area is 170 Å². The van der Waals surface area contributed by atoms with Crippen LogP contribution < -0.4 is 5.32 Å². The first kappa shape index (κ1) is 18.8.